The predicted octanol–water partition coefficient (Wildman–Crippen LogP) is 1.68. The number of hydrogen-bond donors (Lipinski definition) is 0. The number of carbonyl (C=O) groups is 1. The van der Waals surface area contributed by atoms with Crippen LogP contribution in [0.4, 0.5) is 0 Å². The van der Waals surface area contributed by atoms with Crippen LogP contribution in [0.3, 0.4) is 0 Å². The molecule has 0 amide bonds. The number of hydrogen-bond acceptors (Lipinski definition) is 2. The van der Waals surface area contributed by atoms with Gasteiger partial charge in [0.1, 0.15) is 0 Å². The quantitative estimate of drug-likeness (QED) is 0.257. The highest BCUT2D eigenvalue weighted by molar-refractivity contribution is 5.81. The summed E-state index contributed by atoms with van der Waals surface area (Å²) in [7, 11) is 1.36. The maximum atomic E-state index is 10.4. The number of rotatable bonds is 4. The van der Waals surface area contributed by atoms with Crippen molar-refractivity contribution in [1.82, 2.24) is 0 Å². The predicted molar refractivity (Wildman–Crippen MR) is 40.6 cm³/mol. The Hall–Kier alpha value is -1.05. The van der Waals surface area contributed by atoms with E-state index in [4.69, 9.17) is 0 Å². The van der Waals surface area contributed by atoms with Crippen molar-refractivity contribution in [3.05, 3.63) is 24.8 Å². The summed E-state index contributed by atoms with van der Waals surface area (Å²) in [6.45, 7) is 3.55. The van der Waals surface area contributed by atoms with Crippen LogP contribution < -0.4 is 0 Å². The van der Waals surface area contributed by atoms with Crippen molar-refractivity contribution in [3.8, 4) is 0 Å². The Morgan fingerprint density at radius 2 is 2.30 bits per heavy atom. The summed E-state index contributed by atoms with van der Waals surface area (Å²) in [6.07, 6.45) is 6.74. The first kappa shape index (κ1) is 8.95. The van der Waals surface area contributed by atoms with Crippen molar-refractivity contribution in [2.75, 3.05) is 7.11 Å². The Kier molecular flexibility index (Phi) is 5.44. The van der Waals surface area contributed by atoms with Crippen LogP contribution in [-0.2, 0) is 9.53 Å². The molecule has 0 aliphatic carbocycles. The Labute approximate surface area is 61.2 Å². The van der Waals surface area contributed by atoms with Crippen molar-refractivity contribution in [3.63, 3.8) is 0 Å². The Bertz CT molecular complexity index is 136. The number of ether oxygens (including phenoxy) is 1. The molecular weight excluding hydrogens is 128 g/mol. The molecule has 0 aliphatic heterocycles. The van der Waals surface area contributed by atoms with Gasteiger partial charge in [0, 0.05) is 6.08 Å². The molecule has 0 saturated heterocycles. The summed E-state index contributed by atoms with van der Waals surface area (Å²) < 4.78 is 4.38. The smallest absolute Gasteiger partial charge is 0.330 e. The van der Waals surface area contributed by atoms with Crippen LogP contribution >= 0.6 is 0 Å². The number of unbranched alkanes of at least 4 members (excludes halogenated alkanes) is 1. The molecule has 0 bridgehead atoms. The van der Waals surface area contributed by atoms with Crippen molar-refractivity contribution in [1.29, 1.82) is 0 Å². The molecule has 0 aliphatic rings. The molecule has 0 fully saturated rings. The fourth-order valence-electron chi connectivity index (χ4n) is 0.462. The van der Waals surface area contributed by atoms with Gasteiger partial charge in [0.25, 0.3) is 0 Å². The molecule has 10 heavy (non-hydrogen) atoms. The molecule has 0 saturated carbocycles. The first-order valence-electron chi connectivity index (χ1n) is 3.16. The number of esters is 1. The number of methoxy groups -OCH3 is 1. The largest absolute Gasteiger partial charge is 0.466 e. The molecule has 0 unspecified atom stereocenters. The highest BCUT2D eigenvalue weighted by Gasteiger charge is 1.87. The Morgan fingerprint density at radius 3 is 2.80 bits per heavy atom. The van der Waals surface area contributed by atoms with E-state index in [-0.39, 0.29) is 5.97 Å². The second kappa shape index (κ2) is 6.08. The van der Waals surface area contributed by atoms with Gasteiger partial charge >= 0.3 is 5.97 Å². The van der Waals surface area contributed by atoms with E-state index in [2.05, 4.69) is 11.3 Å². The molecular formula is C8H12O2. The summed E-state index contributed by atoms with van der Waals surface area (Å²) in [6, 6.07) is 0. The molecule has 0 spiro atoms. The zero-order valence-electron chi connectivity index (χ0n) is 6.17. The molecule has 2 heteroatoms. The minimum atomic E-state index is -0.302. The fourth-order valence-corrected chi connectivity index (χ4v) is 0.462. The summed E-state index contributed by atoms with van der Waals surface area (Å²) in [5.41, 5.74) is 0. The van der Waals surface area contributed by atoms with Gasteiger partial charge in [-0.25, -0.2) is 4.79 Å². The first-order chi connectivity index (χ1) is 4.81. The highest BCUT2D eigenvalue weighted by atomic mass is 16.5. The topological polar surface area (TPSA) is 26.3 Å². The molecule has 2 nitrogen and oxygen atoms in total. The van der Waals surface area contributed by atoms with Crippen LogP contribution in [0.15, 0.2) is 24.8 Å². The number of allylic oxidation sites excluding steroid dienone is 2. The third-order valence-corrected chi connectivity index (χ3v) is 0.993. The third-order valence-electron chi connectivity index (χ3n) is 0.993. The highest BCUT2D eigenvalue weighted by Crippen LogP contribution is 1.90. The average molecular weight is 140 g/mol. The second-order valence-corrected chi connectivity index (χ2v) is 1.79. The molecule has 0 aromatic heterocycles. The fraction of sp³-hybridized carbons (Fsp3) is 0.375. The van der Waals surface area contributed by atoms with E-state index >= 15 is 0 Å². The van der Waals surface area contributed by atoms with Crippen molar-refractivity contribution in [2.45, 2.75) is 12.8 Å². The molecule has 56 valence electrons. The van der Waals surface area contributed by atoms with Crippen LogP contribution in [0.5, 0.6) is 0 Å². The van der Waals surface area contributed by atoms with Gasteiger partial charge in [-0.1, -0.05) is 12.2 Å². The van der Waals surface area contributed by atoms with Gasteiger partial charge in [0.05, 0.1) is 7.11 Å². The molecule has 0 aromatic rings. The SMILES string of the molecule is C=CCCC=CC(=O)OC. The van der Waals surface area contributed by atoms with E-state index < -0.39 is 0 Å². The van der Waals surface area contributed by atoms with E-state index in [1.54, 1.807) is 6.08 Å². The summed E-state index contributed by atoms with van der Waals surface area (Å²) >= 11 is 0. The van der Waals surface area contributed by atoms with Crippen LogP contribution in [0, 0.1) is 0 Å². The third kappa shape index (κ3) is 5.09. The normalized spacial score (nSPS) is 9.70. The van der Waals surface area contributed by atoms with E-state index in [1.165, 1.54) is 13.2 Å². The van der Waals surface area contributed by atoms with Gasteiger partial charge in [-0.2, -0.15) is 0 Å². The van der Waals surface area contributed by atoms with E-state index in [9.17, 15) is 4.79 Å². The van der Waals surface area contributed by atoms with Crippen molar-refractivity contribution >= 4 is 5.97 Å². The number of carbonyl (C=O) groups excluding carboxylic acids is 1. The van der Waals surface area contributed by atoms with Gasteiger partial charge < -0.3 is 4.74 Å². The lowest BCUT2D eigenvalue weighted by atomic mass is 10.3. The lowest BCUT2D eigenvalue weighted by molar-refractivity contribution is -0.134. The van der Waals surface area contributed by atoms with Gasteiger partial charge in [-0.3, -0.25) is 0 Å². The Morgan fingerprint density at radius 1 is 1.60 bits per heavy atom. The molecule has 0 atom stereocenters. The maximum absolute atomic E-state index is 10.4. The zero-order valence-corrected chi connectivity index (χ0v) is 6.17. The summed E-state index contributed by atoms with van der Waals surface area (Å²) in [5, 5.41) is 0. The van der Waals surface area contributed by atoms with Crippen molar-refractivity contribution in [2.24, 2.45) is 0 Å². The maximum Gasteiger partial charge on any atom is 0.330 e. The minimum Gasteiger partial charge on any atom is -0.466 e. The molecule has 0 rings (SSSR count). The molecule has 0 N–H and O–H groups in total. The molecule has 0 heterocycles. The van der Waals surface area contributed by atoms with E-state index in [1.807, 2.05) is 6.08 Å². The monoisotopic (exact) mass is 140 g/mol. The minimum absolute atomic E-state index is 0.302. The lowest BCUT2D eigenvalue weighted by Crippen LogP contribution is -1.92. The van der Waals surface area contributed by atoms with E-state index in [0.29, 0.717) is 0 Å². The Balaban J connectivity index is 3.35. The van der Waals surface area contributed by atoms with Gasteiger partial charge in [0.2, 0.25) is 0 Å². The van der Waals surface area contributed by atoms with Gasteiger partial charge in [0.15, 0.2) is 0 Å². The summed E-state index contributed by atoms with van der Waals surface area (Å²) in [5.74, 6) is -0.302. The molecule has 0 radical (unpaired) electrons. The van der Waals surface area contributed by atoms with Crippen LogP contribution in [0.1, 0.15) is 12.8 Å². The van der Waals surface area contributed by atoms with Crippen molar-refractivity contribution < 1.29 is 9.53 Å². The van der Waals surface area contributed by atoms with Gasteiger partial charge in [-0.05, 0) is 12.8 Å². The van der Waals surface area contributed by atoms with Crippen LogP contribution in [0.25, 0.3) is 0 Å². The molecule has 0 aromatic carbocycles. The van der Waals surface area contributed by atoms with Gasteiger partial charge in [-0.15, -0.1) is 6.58 Å². The first-order valence-corrected chi connectivity index (χ1v) is 3.16. The van der Waals surface area contributed by atoms with E-state index in [0.717, 1.165) is 12.8 Å². The average Bonchev–Trinajstić information content (AvgIpc) is 1.98. The van der Waals surface area contributed by atoms with Crippen LogP contribution in [0.2, 0.25) is 0 Å². The second-order valence-electron chi connectivity index (χ2n) is 1.79. The van der Waals surface area contributed by atoms with Crippen LogP contribution in [-0.4, -0.2) is 13.1 Å². The zero-order chi connectivity index (χ0) is 7.82. The standard InChI is InChI=1S/C8H12O2/c1-3-4-5-6-7-8(9)10-2/h3,6-7H,1,4-5H2,2H3. The summed E-state index contributed by atoms with van der Waals surface area (Å²) in [4.78, 5) is 10.4. The lowest BCUT2D eigenvalue weighted by Gasteiger charge is -1.88.